The van der Waals surface area contributed by atoms with Gasteiger partial charge in [-0.05, 0) is 43.4 Å². The average Bonchev–Trinajstić information content (AvgIpc) is 3.06. The zero-order chi connectivity index (χ0) is 18.5. The topological polar surface area (TPSA) is 84.5 Å². The number of para-hydroxylation sites is 1. The molecule has 0 fully saturated rings. The Hall–Kier alpha value is -2.74. The molecule has 0 bridgehead atoms. The number of carbonyl (C=O) groups is 3. The number of hydrogen-bond acceptors (Lipinski definition) is 5. The van der Waals surface area contributed by atoms with Crippen LogP contribution in [0.2, 0.25) is 0 Å². The number of fused-ring (bicyclic) bond motifs is 1. The number of imide groups is 1. The lowest BCUT2D eigenvalue weighted by molar-refractivity contribution is -0.123. The van der Waals surface area contributed by atoms with Crippen LogP contribution in [-0.2, 0) is 22.4 Å². The predicted molar refractivity (Wildman–Crippen MR) is 94.8 cm³/mol. The van der Waals surface area contributed by atoms with Crippen molar-refractivity contribution in [2.24, 2.45) is 0 Å². The molecule has 0 saturated carbocycles. The van der Waals surface area contributed by atoms with Crippen LogP contribution in [-0.4, -0.2) is 24.5 Å². The van der Waals surface area contributed by atoms with Crippen LogP contribution in [0.3, 0.4) is 0 Å². The van der Waals surface area contributed by atoms with Gasteiger partial charge in [-0.2, -0.15) is 0 Å². The molecule has 8 heteroatoms. The molecule has 0 unspecified atom stereocenters. The largest absolute Gasteiger partial charge is 0.452 e. The molecule has 0 spiro atoms. The molecule has 0 radical (unpaired) electrons. The summed E-state index contributed by atoms with van der Waals surface area (Å²) in [5.41, 5.74) is 1.44. The van der Waals surface area contributed by atoms with Crippen LogP contribution in [0.5, 0.6) is 0 Å². The molecule has 1 heterocycles. The van der Waals surface area contributed by atoms with Crippen molar-refractivity contribution < 1.29 is 23.5 Å². The molecular weight excluding hydrogens is 359 g/mol. The molecule has 0 atom stereocenters. The molecule has 1 aliphatic carbocycles. The van der Waals surface area contributed by atoms with E-state index in [-0.39, 0.29) is 5.69 Å². The molecule has 26 heavy (non-hydrogen) atoms. The number of nitrogens with one attached hydrogen (secondary N) is 2. The Labute approximate surface area is 153 Å². The molecule has 6 nitrogen and oxygen atoms in total. The van der Waals surface area contributed by atoms with E-state index in [1.807, 2.05) is 5.32 Å². The second kappa shape index (κ2) is 8.09. The molecule has 3 rings (SSSR count). The van der Waals surface area contributed by atoms with Crippen molar-refractivity contribution in [1.29, 1.82) is 0 Å². The third-order valence-electron chi connectivity index (χ3n) is 3.99. The molecule has 0 saturated heterocycles. The van der Waals surface area contributed by atoms with Gasteiger partial charge in [0.2, 0.25) is 0 Å². The monoisotopic (exact) mass is 376 g/mol. The number of hydrogen-bond donors (Lipinski definition) is 2. The van der Waals surface area contributed by atoms with Crippen LogP contribution >= 0.6 is 11.3 Å². The fourth-order valence-corrected chi connectivity index (χ4v) is 3.87. The van der Waals surface area contributed by atoms with Gasteiger partial charge in [0.1, 0.15) is 5.82 Å². The minimum Gasteiger partial charge on any atom is -0.452 e. The summed E-state index contributed by atoms with van der Waals surface area (Å²) in [5, 5.41) is 5.95. The van der Waals surface area contributed by atoms with Crippen molar-refractivity contribution in [2.45, 2.75) is 25.7 Å². The number of urea groups is 1. The number of aryl methyl sites for hydroxylation is 1. The smallest absolute Gasteiger partial charge is 0.339 e. The van der Waals surface area contributed by atoms with Crippen LogP contribution in [0.1, 0.15) is 33.6 Å². The second-order valence-corrected chi connectivity index (χ2v) is 6.78. The third kappa shape index (κ3) is 4.26. The first-order valence-electron chi connectivity index (χ1n) is 8.16. The quantitative estimate of drug-likeness (QED) is 0.802. The molecule has 1 aromatic heterocycles. The molecule has 2 aromatic rings. The summed E-state index contributed by atoms with van der Waals surface area (Å²) in [6, 6.07) is 4.67. The minimum absolute atomic E-state index is 0.0558. The van der Waals surface area contributed by atoms with Gasteiger partial charge in [-0.15, -0.1) is 11.3 Å². The van der Waals surface area contributed by atoms with Gasteiger partial charge in [0.15, 0.2) is 6.61 Å². The maximum Gasteiger partial charge on any atom is 0.339 e. The van der Waals surface area contributed by atoms with Gasteiger partial charge in [-0.25, -0.2) is 14.0 Å². The van der Waals surface area contributed by atoms with Crippen LogP contribution in [0, 0.1) is 5.82 Å². The van der Waals surface area contributed by atoms with Crippen LogP contribution < -0.4 is 10.6 Å². The van der Waals surface area contributed by atoms with Gasteiger partial charge in [-0.1, -0.05) is 12.1 Å². The van der Waals surface area contributed by atoms with Crippen LogP contribution in [0.25, 0.3) is 0 Å². The van der Waals surface area contributed by atoms with E-state index in [1.165, 1.54) is 34.4 Å². The SMILES string of the molecule is O=C(COC(=O)c1csc2c1CCCC2)NC(=O)Nc1ccccc1F. The third-order valence-corrected chi connectivity index (χ3v) is 5.08. The van der Waals surface area contributed by atoms with Crippen LogP contribution in [0.4, 0.5) is 14.9 Å². The summed E-state index contributed by atoms with van der Waals surface area (Å²) in [6.07, 6.45) is 3.94. The number of benzene rings is 1. The fraction of sp³-hybridized carbons (Fsp3) is 0.278. The fourth-order valence-electron chi connectivity index (χ4n) is 2.75. The lowest BCUT2D eigenvalue weighted by Crippen LogP contribution is -2.37. The van der Waals surface area contributed by atoms with E-state index in [0.717, 1.165) is 31.2 Å². The molecule has 1 aliphatic rings. The van der Waals surface area contributed by atoms with Gasteiger partial charge in [-0.3, -0.25) is 10.1 Å². The van der Waals surface area contributed by atoms with Crippen molar-refractivity contribution >= 4 is 34.9 Å². The van der Waals surface area contributed by atoms with Gasteiger partial charge >= 0.3 is 12.0 Å². The van der Waals surface area contributed by atoms with Gasteiger partial charge in [0.25, 0.3) is 5.91 Å². The van der Waals surface area contributed by atoms with Gasteiger partial charge in [0, 0.05) is 10.3 Å². The normalized spacial score (nSPS) is 12.8. The van der Waals surface area contributed by atoms with E-state index in [4.69, 9.17) is 4.74 Å². The summed E-state index contributed by atoms with van der Waals surface area (Å²) in [6.45, 7) is -0.589. The highest BCUT2D eigenvalue weighted by Crippen LogP contribution is 2.30. The van der Waals surface area contributed by atoms with E-state index in [0.29, 0.717) is 5.56 Å². The molecule has 3 amide bonds. The zero-order valence-electron chi connectivity index (χ0n) is 13.8. The number of anilines is 1. The lowest BCUT2D eigenvalue weighted by Gasteiger charge is -2.12. The Balaban J connectivity index is 1.49. The summed E-state index contributed by atoms with van der Waals surface area (Å²) < 4.78 is 18.4. The molecular formula is C18H17FN2O4S. The Morgan fingerprint density at radius 3 is 2.73 bits per heavy atom. The number of rotatable bonds is 4. The van der Waals surface area contributed by atoms with Crippen molar-refractivity contribution in [3.8, 4) is 0 Å². The molecule has 136 valence electrons. The van der Waals surface area contributed by atoms with Crippen LogP contribution in [0.15, 0.2) is 29.6 Å². The Morgan fingerprint density at radius 2 is 1.92 bits per heavy atom. The van der Waals surface area contributed by atoms with Gasteiger partial charge in [0.05, 0.1) is 11.3 Å². The number of ether oxygens (including phenoxy) is 1. The number of thiophene rings is 1. The molecule has 2 N–H and O–H groups in total. The Bertz CT molecular complexity index is 849. The molecule has 0 aliphatic heterocycles. The number of carbonyl (C=O) groups excluding carboxylic acids is 3. The van der Waals surface area contributed by atoms with Crippen molar-refractivity contribution in [1.82, 2.24) is 5.32 Å². The second-order valence-electron chi connectivity index (χ2n) is 5.82. The van der Waals surface area contributed by atoms with E-state index in [2.05, 4.69) is 5.32 Å². The summed E-state index contributed by atoms with van der Waals surface area (Å²) in [5.74, 6) is -1.99. The first-order valence-corrected chi connectivity index (χ1v) is 9.04. The summed E-state index contributed by atoms with van der Waals surface area (Å²) in [4.78, 5) is 36.8. The maximum absolute atomic E-state index is 13.4. The average molecular weight is 376 g/mol. The standard InChI is InChI=1S/C18H17FN2O4S/c19-13-6-2-3-7-14(13)20-18(24)21-16(22)9-25-17(23)12-10-26-15-8-4-1-5-11(12)15/h2-3,6-7,10H,1,4-5,8-9H2,(H2,20,21,22,24). The van der Waals surface area contributed by atoms with Crippen molar-refractivity contribution in [3.05, 3.63) is 51.5 Å². The van der Waals surface area contributed by atoms with E-state index < -0.39 is 30.3 Å². The number of esters is 1. The minimum atomic E-state index is -0.899. The predicted octanol–water partition coefficient (Wildman–Crippen LogP) is 3.27. The first-order chi connectivity index (χ1) is 12.5. The summed E-state index contributed by atoms with van der Waals surface area (Å²) in [7, 11) is 0. The maximum atomic E-state index is 13.4. The summed E-state index contributed by atoms with van der Waals surface area (Å²) >= 11 is 1.53. The van der Waals surface area contributed by atoms with E-state index >= 15 is 0 Å². The van der Waals surface area contributed by atoms with Crippen molar-refractivity contribution in [3.63, 3.8) is 0 Å². The first kappa shape index (κ1) is 18.1. The zero-order valence-corrected chi connectivity index (χ0v) is 14.7. The van der Waals surface area contributed by atoms with E-state index in [1.54, 1.807) is 11.4 Å². The number of halogens is 1. The number of amides is 3. The van der Waals surface area contributed by atoms with Gasteiger partial charge < -0.3 is 10.1 Å². The van der Waals surface area contributed by atoms with Crippen molar-refractivity contribution in [2.75, 3.05) is 11.9 Å². The lowest BCUT2D eigenvalue weighted by atomic mass is 9.96. The highest BCUT2D eigenvalue weighted by molar-refractivity contribution is 7.10. The Morgan fingerprint density at radius 1 is 1.15 bits per heavy atom. The highest BCUT2D eigenvalue weighted by Gasteiger charge is 2.22. The Kier molecular flexibility index (Phi) is 5.62. The van der Waals surface area contributed by atoms with E-state index in [9.17, 15) is 18.8 Å². The highest BCUT2D eigenvalue weighted by atomic mass is 32.1. The molecule has 1 aromatic carbocycles.